The van der Waals surface area contributed by atoms with Crippen molar-refractivity contribution in [1.82, 2.24) is 19.6 Å². The van der Waals surface area contributed by atoms with Crippen molar-refractivity contribution >= 4 is 23.1 Å². The lowest BCUT2D eigenvalue weighted by Crippen LogP contribution is -2.47. The van der Waals surface area contributed by atoms with Crippen molar-refractivity contribution < 1.29 is 0 Å². The Morgan fingerprint density at radius 1 is 0.920 bits per heavy atom. The quantitative estimate of drug-likeness (QED) is 0.787. The van der Waals surface area contributed by atoms with Crippen LogP contribution >= 0.6 is 0 Å². The van der Waals surface area contributed by atoms with Crippen LogP contribution in [0.2, 0.25) is 0 Å². The smallest absolute Gasteiger partial charge is 0.159 e. The van der Waals surface area contributed by atoms with E-state index in [2.05, 4.69) is 37.3 Å². The minimum absolute atomic E-state index is 0.587. The van der Waals surface area contributed by atoms with Crippen LogP contribution in [0.3, 0.4) is 0 Å². The van der Waals surface area contributed by atoms with Crippen molar-refractivity contribution in [2.24, 2.45) is 0 Å². The zero-order chi connectivity index (χ0) is 16.6. The van der Waals surface area contributed by atoms with E-state index in [1.54, 1.807) is 0 Å². The Bertz CT molecular complexity index is 864. The van der Waals surface area contributed by atoms with Crippen LogP contribution < -0.4 is 15.1 Å². The molecule has 5 rings (SSSR count). The third-order valence-electron chi connectivity index (χ3n) is 4.85. The first-order chi connectivity index (χ1) is 12.4. The van der Waals surface area contributed by atoms with Crippen LogP contribution in [0.5, 0.6) is 0 Å². The van der Waals surface area contributed by atoms with Crippen molar-refractivity contribution in [3.05, 3.63) is 42.7 Å². The normalized spacial score (nSPS) is 17.9. The molecule has 1 aliphatic heterocycles. The van der Waals surface area contributed by atoms with Gasteiger partial charge in [-0.05, 0) is 25.0 Å². The molecule has 4 heterocycles. The van der Waals surface area contributed by atoms with Gasteiger partial charge in [0.15, 0.2) is 5.65 Å². The largest absolute Gasteiger partial charge is 0.367 e. The van der Waals surface area contributed by atoms with E-state index in [9.17, 15) is 0 Å². The van der Waals surface area contributed by atoms with Gasteiger partial charge in [-0.2, -0.15) is 9.61 Å². The van der Waals surface area contributed by atoms with Crippen molar-refractivity contribution in [1.29, 1.82) is 0 Å². The molecule has 25 heavy (non-hydrogen) atoms. The molecule has 0 spiro atoms. The zero-order valence-corrected chi connectivity index (χ0v) is 14.0. The fourth-order valence-corrected chi connectivity index (χ4v) is 3.31. The molecule has 0 unspecified atom stereocenters. The average Bonchev–Trinajstić information content (AvgIpc) is 3.35. The summed E-state index contributed by atoms with van der Waals surface area (Å²) in [4.78, 5) is 13.9. The molecule has 0 aromatic carbocycles. The number of hydrogen-bond donors (Lipinski definition) is 1. The van der Waals surface area contributed by atoms with E-state index in [1.165, 1.54) is 12.8 Å². The summed E-state index contributed by atoms with van der Waals surface area (Å²) in [5.41, 5.74) is 0.896. The van der Waals surface area contributed by atoms with Gasteiger partial charge < -0.3 is 15.1 Å². The maximum atomic E-state index is 4.80. The molecular weight excluding hydrogens is 314 g/mol. The lowest BCUT2D eigenvalue weighted by Gasteiger charge is -2.36. The first kappa shape index (κ1) is 14.5. The summed E-state index contributed by atoms with van der Waals surface area (Å²) in [6.07, 6.45) is 6.14. The number of pyridine rings is 1. The number of aromatic nitrogens is 4. The number of nitrogens with one attached hydrogen (secondary N) is 1. The topological polar surface area (TPSA) is 61.6 Å². The molecule has 0 atom stereocenters. The van der Waals surface area contributed by atoms with Gasteiger partial charge >= 0.3 is 0 Å². The summed E-state index contributed by atoms with van der Waals surface area (Å²) < 4.78 is 1.89. The molecule has 2 aliphatic rings. The summed E-state index contributed by atoms with van der Waals surface area (Å²) in [6.45, 7) is 3.79. The van der Waals surface area contributed by atoms with E-state index in [1.807, 2.05) is 35.1 Å². The Kier molecular flexibility index (Phi) is 3.43. The molecule has 7 nitrogen and oxygen atoms in total. The molecule has 1 saturated carbocycles. The van der Waals surface area contributed by atoms with Gasteiger partial charge in [-0.15, -0.1) is 0 Å². The molecule has 3 aromatic heterocycles. The zero-order valence-electron chi connectivity index (χ0n) is 14.0. The Morgan fingerprint density at radius 3 is 2.44 bits per heavy atom. The van der Waals surface area contributed by atoms with E-state index in [-0.39, 0.29) is 0 Å². The van der Waals surface area contributed by atoms with Crippen LogP contribution in [-0.4, -0.2) is 51.8 Å². The molecule has 1 aliphatic carbocycles. The number of piperazine rings is 1. The molecule has 128 valence electrons. The highest BCUT2D eigenvalue weighted by atomic mass is 15.3. The Hall–Kier alpha value is -2.83. The van der Waals surface area contributed by atoms with E-state index < -0.39 is 0 Å². The van der Waals surface area contributed by atoms with Crippen LogP contribution in [0.1, 0.15) is 12.8 Å². The maximum absolute atomic E-state index is 4.80. The van der Waals surface area contributed by atoms with Crippen molar-refractivity contribution in [2.75, 3.05) is 41.3 Å². The molecule has 7 heteroatoms. The van der Waals surface area contributed by atoms with E-state index in [4.69, 9.17) is 4.98 Å². The molecule has 1 saturated heterocycles. The number of nitrogens with zero attached hydrogens (tertiary/aromatic N) is 6. The van der Waals surface area contributed by atoms with Gasteiger partial charge in [0, 0.05) is 50.6 Å². The fraction of sp³-hybridized carbons (Fsp3) is 0.389. The summed E-state index contributed by atoms with van der Waals surface area (Å²) >= 11 is 0. The second-order valence-corrected chi connectivity index (χ2v) is 6.68. The lowest BCUT2D eigenvalue weighted by molar-refractivity contribution is 0.641. The monoisotopic (exact) mass is 335 g/mol. The molecule has 0 radical (unpaired) electrons. The highest BCUT2D eigenvalue weighted by Gasteiger charge is 2.24. The van der Waals surface area contributed by atoms with Gasteiger partial charge in [-0.1, -0.05) is 6.07 Å². The van der Waals surface area contributed by atoms with Crippen molar-refractivity contribution in [3.63, 3.8) is 0 Å². The number of hydrogen-bond acceptors (Lipinski definition) is 6. The number of anilines is 3. The molecule has 0 bridgehead atoms. The highest BCUT2D eigenvalue weighted by molar-refractivity contribution is 5.59. The molecule has 0 amide bonds. The predicted molar refractivity (Wildman–Crippen MR) is 98.3 cm³/mol. The fourth-order valence-electron chi connectivity index (χ4n) is 3.31. The summed E-state index contributed by atoms with van der Waals surface area (Å²) in [7, 11) is 0. The van der Waals surface area contributed by atoms with E-state index in [0.717, 1.165) is 49.3 Å². The summed E-state index contributed by atoms with van der Waals surface area (Å²) in [6, 6.07) is 10.8. The third kappa shape index (κ3) is 2.86. The van der Waals surface area contributed by atoms with Crippen molar-refractivity contribution in [2.45, 2.75) is 18.9 Å². The minimum Gasteiger partial charge on any atom is -0.367 e. The Labute approximate surface area is 146 Å². The molecule has 2 fully saturated rings. The number of fused-ring (bicyclic) bond motifs is 1. The van der Waals surface area contributed by atoms with Gasteiger partial charge in [0.05, 0.1) is 6.20 Å². The predicted octanol–water partition coefficient (Wildman–Crippen LogP) is 2.03. The number of rotatable bonds is 4. The highest BCUT2D eigenvalue weighted by Crippen LogP contribution is 2.27. The van der Waals surface area contributed by atoms with Crippen LogP contribution in [0.15, 0.2) is 42.7 Å². The summed E-state index contributed by atoms with van der Waals surface area (Å²) in [5.74, 6) is 3.12. The van der Waals surface area contributed by atoms with Gasteiger partial charge in [-0.25, -0.2) is 9.97 Å². The molecule has 1 N–H and O–H groups in total. The van der Waals surface area contributed by atoms with Crippen LogP contribution in [0.4, 0.5) is 17.5 Å². The standard InChI is InChI=1S/C18H21N7/c1-2-7-19-15(3-1)23-9-11-24(12-10-23)17-13-18(21-14-4-5-14)25-16(22-17)6-8-20-25/h1-3,6-8,13-14,21H,4-5,9-12H2. The SMILES string of the molecule is c1ccc(N2CCN(c3cc(NC4CC4)n4nccc4n3)CC2)nc1. The van der Waals surface area contributed by atoms with Gasteiger partial charge in [0.2, 0.25) is 0 Å². The second-order valence-electron chi connectivity index (χ2n) is 6.68. The Morgan fingerprint density at radius 2 is 1.72 bits per heavy atom. The maximum Gasteiger partial charge on any atom is 0.159 e. The van der Waals surface area contributed by atoms with E-state index >= 15 is 0 Å². The lowest BCUT2D eigenvalue weighted by atomic mass is 10.3. The average molecular weight is 335 g/mol. The minimum atomic E-state index is 0.587. The van der Waals surface area contributed by atoms with E-state index in [0.29, 0.717) is 6.04 Å². The van der Waals surface area contributed by atoms with Crippen LogP contribution in [-0.2, 0) is 0 Å². The van der Waals surface area contributed by atoms with Crippen LogP contribution in [0.25, 0.3) is 5.65 Å². The van der Waals surface area contributed by atoms with Gasteiger partial charge in [-0.3, -0.25) is 0 Å². The van der Waals surface area contributed by atoms with Gasteiger partial charge in [0.1, 0.15) is 17.5 Å². The first-order valence-electron chi connectivity index (χ1n) is 8.89. The molecule has 3 aromatic rings. The summed E-state index contributed by atoms with van der Waals surface area (Å²) in [5, 5.41) is 7.97. The first-order valence-corrected chi connectivity index (χ1v) is 8.89. The third-order valence-corrected chi connectivity index (χ3v) is 4.85. The molecular formula is C18H21N7. The van der Waals surface area contributed by atoms with Gasteiger partial charge in [0.25, 0.3) is 0 Å². The second kappa shape index (κ2) is 5.91. The van der Waals surface area contributed by atoms with Crippen molar-refractivity contribution in [3.8, 4) is 0 Å². The van der Waals surface area contributed by atoms with Crippen LogP contribution in [0, 0.1) is 0 Å². The Balaban J connectivity index is 1.37.